The van der Waals surface area contributed by atoms with Gasteiger partial charge in [0.05, 0.1) is 42.3 Å². The van der Waals surface area contributed by atoms with Crippen LogP contribution in [0.25, 0.3) is 10.9 Å². The summed E-state index contributed by atoms with van der Waals surface area (Å²) in [5.41, 5.74) is 1.09. The van der Waals surface area contributed by atoms with Gasteiger partial charge < -0.3 is 19.7 Å². The van der Waals surface area contributed by atoms with Crippen molar-refractivity contribution in [2.45, 2.75) is 37.8 Å². The summed E-state index contributed by atoms with van der Waals surface area (Å²) >= 11 is 0. The lowest BCUT2D eigenvalue weighted by molar-refractivity contribution is 0.122. The van der Waals surface area contributed by atoms with Gasteiger partial charge in [0.25, 0.3) is 0 Å². The van der Waals surface area contributed by atoms with E-state index in [1.165, 1.54) is 6.20 Å². The minimum absolute atomic E-state index is 0.0129. The van der Waals surface area contributed by atoms with Crippen molar-refractivity contribution in [1.82, 2.24) is 15.0 Å². The van der Waals surface area contributed by atoms with Crippen molar-refractivity contribution in [2.24, 2.45) is 0 Å². The number of nitrogens with zero attached hydrogens (tertiary/aromatic N) is 4. The molecule has 3 aromatic rings. The smallest absolute Gasteiger partial charge is 0.229 e. The molecule has 1 saturated heterocycles. The lowest BCUT2D eigenvalue weighted by Crippen LogP contribution is -2.37. The van der Waals surface area contributed by atoms with E-state index in [2.05, 4.69) is 24.9 Å². The fourth-order valence-corrected chi connectivity index (χ4v) is 5.07. The van der Waals surface area contributed by atoms with Gasteiger partial charge in [-0.05, 0) is 43.9 Å². The third-order valence-electron chi connectivity index (χ3n) is 6.24. The number of morpholine rings is 1. The van der Waals surface area contributed by atoms with Gasteiger partial charge in [-0.25, -0.2) is 13.4 Å². The molecular weight excluding hydrogens is 468 g/mol. The molecule has 4 heterocycles. The van der Waals surface area contributed by atoms with Crippen LogP contribution in [0.15, 0.2) is 42.7 Å². The number of ether oxygens (including phenoxy) is 2. The molecule has 3 aromatic heterocycles. The SMILES string of the molecule is CS(=O)(=O)Nc1cnc2cc(N3CCOCC3)nc(OC3CCC(Nc4ccccn4)CC3)c2c1. The highest BCUT2D eigenvalue weighted by molar-refractivity contribution is 7.92. The molecule has 0 unspecified atom stereocenters. The maximum absolute atomic E-state index is 11.7. The van der Waals surface area contributed by atoms with Crippen molar-refractivity contribution in [3.63, 3.8) is 0 Å². The third kappa shape index (κ3) is 6.09. The van der Waals surface area contributed by atoms with E-state index >= 15 is 0 Å². The second-order valence-electron chi connectivity index (χ2n) is 9.00. The van der Waals surface area contributed by atoms with Crippen molar-refractivity contribution in [1.29, 1.82) is 0 Å². The van der Waals surface area contributed by atoms with Crippen molar-refractivity contribution >= 4 is 38.2 Å². The van der Waals surface area contributed by atoms with Crippen LogP contribution >= 0.6 is 0 Å². The second kappa shape index (κ2) is 10.2. The van der Waals surface area contributed by atoms with E-state index in [0.717, 1.165) is 56.7 Å². The largest absolute Gasteiger partial charge is 0.474 e. The number of anilines is 3. The molecule has 0 atom stereocenters. The van der Waals surface area contributed by atoms with Crippen molar-refractivity contribution < 1.29 is 17.9 Å². The summed E-state index contributed by atoms with van der Waals surface area (Å²) in [6.45, 7) is 2.79. The Morgan fingerprint density at radius 1 is 1.09 bits per heavy atom. The van der Waals surface area contributed by atoms with E-state index < -0.39 is 10.0 Å². The summed E-state index contributed by atoms with van der Waals surface area (Å²) in [7, 11) is -3.43. The van der Waals surface area contributed by atoms with Crippen LogP contribution in [0.1, 0.15) is 25.7 Å². The zero-order valence-electron chi connectivity index (χ0n) is 19.7. The highest BCUT2D eigenvalue weighted by Gasteiger charge is 2.25. The van der Waals surface area contributed by atoms with E-state index in [0.29, 0.717) is 41.7 Å². The molecule has 0 amide bonds. The van der Waals surface area contributed by atoms with Crippen LogP contribution in [-0.4, -0.2) is 68.1 Å². The van der Waals surface area contributed by atoms with Crippen LogP contribution in [0.5, 0.6) is 5.88 Å². The normalized spacial score (nSPS) is 21.0. The number of nitrogens with one attached hydrogen (secondary N) is 2. The van der Waals surface area contributed by atoms with E-state index in [-0.39, 0.29) is 6.10 Å². The Bertz CT molecular complexity index is 1260. The topological polar surface area (TPSA) is 119 Å². The number of sulfonamides is 1. The van der Waals surface area contributed by atoms with Crippen LogP contribution in [-0.2, 0) is 14.8 Å². The first kappa shape index (κ1) is 23.6. The summed E-state index contributed by atoms with van der Waals surface area (Å²) in [5.74, 6) is 2.16. The Balaban J connectivity index is 1.37. The van der Waals surface area contributed by atoms with Crippen LogP contribution in [0.2, 0.25) is 0 Å². The molecule has 1 aliphatic heterocycles. The first-order chi connectivity index (χ1) is 16.9. The molecule has 2 aliphatic rings. The first-order valence-corrected chi connectivity index (χ1v) is 13.8. The Labute approximate surface area is 205 Å². The molecule has 1 aliphatic carbocycles. The Morgan fingerprint density at radius 3 is 2.60 bits per heavy atom. The molecular formula is C24H30N6O4S. The third-order valence-corrected chi connectivity index (χ3v) is 6.85. The zero-order chi connectivity index (χ0) is 24.3. The number of aromatic nitrogens is 3. The molecule has 35 heavy (non-hydrogen) atoms. The molecule has 0 spiro atoms. The Hall–Kier alpha value is -3.18. The summed E-state index contributed by atoms with van der Waals surface area (Å²) in [6, 6.07) is 9.87. The Kier molecular flexibility index (Phi) is 6.87. The molecule has 10 nitrogen and oxygen atoms in total. The lowest BCUT2D eigenvalue weighted by atomic mass is 9.93. The van der Waals surface area contributed by atoms with Gasteiger partial charge in [-0.3, -0.25) is 9.71 Å². The van der Waals surface area contributed by atoms with Gasteiger partial charge in [0.1, 0.15) is 17.7 Å². The molecule has 0 bridgehead atoms. The van der Waals surface area contributed by atoms with Crippen LogP contribution in [0.3, 0.4) is 0 Å². The number of fused-ring (bicyclic) bond motifs is 1. The van der Waals surface area contributed by atoms with Crippen molar-refractivity contribution in [2.75, 3.05) is 47.5 Å². The fourth-order valence-electron chi connectivity index (χ4n) is 4.53. The summed E-state index contributed by atoms with van der Waals surface area (Å²) in [5, 5.41) is 4.18. The average molecular weight is 499 g/mol. The van der Waals surface area contributed by atoms with E-state index in [4.69, 9.17) is 14.5 Å². The predicted molar refractivity (Wildman–Crippen MR) is 136 cm³/mol. The number of hydrogen-bond donors (Lipinski definition) is 2. The number of pyridine rings is 3. The number of rotatable bonds is 7. The summed E-state index contributed by atoms with van der Waals surface area (Å²) in [4.78, 5) is 15.9. The summed E-state index contributed by atoms with van der Waals surface area (Å²) < 4.78 is 37.9. The monoisotopic (exact) mass is 498 g/mol. The van der Waals surface area contributed by atoms with Gasteiger partial charge in [0, 0.05) is 31.4 Å². The first-order valence-electron chi connectivity index (χ1n) is 11.9. The van der Waals surface area contributed by atoms with Gasteiger partial charge in [0.15, 0.2) is 0 Å². The maximum Gasteiger partial charge on any atom is 0.229 e. The number of hydrogen-bond acceptors (Lipinski definition) is 9. The quantitative estimate of drug-likeness (QED) is 0.507. The highest BCUT2D eigenvalue weighted by Crippen LogP contribution is 2.33. The van der Waals surface area contributed by atoms with E-state index in [1.54, 1.807) is 12.3 Å². The maximum atomic E-state index is 11.7. The Morgan fingerprint density at radius 2 is 1.89 bits per heavy atom. The van der Waals surface area contributed by atoms with Crippen LogP contribution in [0, 0.1) is 0 Å². The second-order valence-corrected chi connectivity index (χ2v) is 10.7. The van der Waals surface area contributed by atoms with Crippen LogP contribution < -0.4 is 19.7 Å². The van der Waals surface area contributed by atoms with E-state index in [9.17, 15) is 8.42 Å². The minimum Gasteiger partial charge on any atom is -0.474 e. The molecule has 11 heteroatoms. The summed E-state index contributed by atoms with van der Waals surface area (Å²) in [6.07, 6.45) is 8.11. The molecule has 0 aromatic carbocycles. The standard InChI is InChI=1S/C24H30N6O4S/c1-35(31,32)29-18-14-20-21(26-16-18)15-23(30-10-12-33-13-11-30)28-24(20)34-19-7-5-17(6-8-19)27-22-4-2-3-9-25-22/h2-4,9,14-17,19,29H,5-8,10-13H2,1H3,(H,25,27). The zero-order valence-corrected chi connectivity index (χ0v) is 20.5. The van der Waals surface area contributed by atoms with Gasteiger partial charge in [-0.2, -0.15) is 4.98 Å². The molecule has 1 saturated carbocycles. The fraction of sp³-hybridized carbons (Fsp3) is 0.458. The molecule has 2 N–H and O–H groups in total. The average Bonchev–Trinajstić information content (AvgIpc) is 2.85. The van der Waals surface area contributed by atoms with Gasteiger partial charge in [-0.1, -0.05) is 6.07 Å². The van der Waals surface area contributed by atoms with Crippen LogP contribution in [0.4, 0.5) is 17.3 Å². The molecule has 186 valence electrons. The van der Waals surface area contributed by atoms with E-state index in [1.807, 2.05) is 24.3 Å². The molecule has 0 radical (unpaired) electrons. The van der Waals surface area contributed by atoms with Gasteiger partial charge >= 0.3 is 0 Å². The van der Waals surface area contributed by atoms with Crippen molar-refractivity contribution in [3.8, 4) is 5.88 Å². The van der Waals surface area contributed by atoms with Gasteiger partial charge in [0.2, 0.25) is 15.9 Å². The molecule has 2 fully saturated rings. The van der Waals surface area contributed by atoms with Gasteiger partial charge in [-0.15, -0.1) is 0 Å². The molecule has 5 rings (SSSR count). The highest BCUT2D eigenvalue weighted by atomic mass is 32.2. The minimum atomic E-state index is -3.43. The lowest BCUT2D eigenvalue weighted by Gasteiger charge is -2.31. The predicted octanol–water partition coefficient (Wildman–Crippen LogP) is 3.04. The van der Waals surface area contributed by atoms with Crippen molar-refractivity contribution in [3.05, 3.63) is 42.7 Å².